The number of halogens is 2. The maximum atomic E-state index is 10.7. The van der Waals surface area contributed by atoms with Crippen LogP contribution in [-0.2, 0) is 16.1 Å². The summed E-state index contributed by atoms with van der Waals surface area (Å²) >= 11 is 3.36. The third kappa shape index (κ3) is 5.77. The molecule has 0 aliphatic rings. The third-order valence-corrected chi connectivity index (χ3v) is 2.42. The molecule has 2 N–H and O–H groups in total. The molecule has 0 heterocycles. The largest absolute Gasteiger partial charge is 0.373 e. The highest BCUT2D eigenvalue weighted by Gasteiger charge is 2.00. The SMILES string of the molecule is Cl.NOC(=O)CCCc1ccc(Br)cc1. The Morgan fingerprint density at radius 1 is 1.33 bits per heavy atom. The second-order valence-corrected chi connectivity index (χ2v) is 3.89. The molecule has 3 nitrogen and oxygen atoms in total. The van der Waals surface area contributed by atoms with E-state index in [2.05, 4.69) is 20.8 Å². The van der Waals surface area contributed by atoms with Gasteiger partial charge in [-0.3, -0.25) is 4.79 Å². The van der Waals surface area contributed by atoms with Gasteiger partial charge in [0.05, 0.1) is 0 Å². The summed E-state index contributed by atoms with van der Waals surface area (Å²) in [5.74, 6) is 4.36. The average Bonchev–Trinajstić information content (AvgIpc) is 2.21. The van der Waals surface area contributed by atoms with Crippen LogP contribution in [-0.4, -0.2) is 5.97 Å². The van der Waals surface area contributed by atoms with Crippen molar-refractivity contribution in [1.82, 2.24) is 0 Å². The maximum absolute atomic E-state index is 10.7. The topological polar surface area (TPSA) is 52.3 Å². The molecule has 15 heavy (non-hydrogen) atoms. The van der Waals surface area contributed by atoms with Gasteiger partial charge in [-0.25, -0.2) is 0 Å². The van der Waals surface area contributed by atoms with E-state index in [1.54, 1.807) is 0 Å². The van der Waals surface area contributed by atoms with Crippen LogP contribution >= 0.6 is 28.3 Å². The van der Waals surface area contributed by atoms with Crippen LogP contribution in [0, 0.1) is 0 Å². The summed E-state index contributed by atoms with van der Waals surface area (Å²) in [6.45, 7) is 0. The van der Waals surface area contributed by atoms with E-state index >= 15 is 0 Å². The molecule has 5 heteroatoms. The van der Waals surface area contributed by atoms with Gasteiger partial charge in [0, 0.05) is 10.9 Å². The molecule has 0 aliphatic carbocycles. The second-order valence-electron chi connectivity index (χ2n) is 2.97. The summed E-state index contributed by atoms with van der Waals surface area (Å²) in [7, 11) is 0. The molecular weight excluding hydrogens is 281 g/mol. The van der Waals surface area contributed by atoms with E-state index < -0.39 is 0 Å². The first-order chi connectivity index (χ1) is 6.72. The van der Waals surface area contributed by atoms with E-state index in [0.717, 1.165) is 17.3 Å². The third-order valence-electron chi connectivity index (χ3n) is 1.89. The zero-order valence-corrected chi connectivity index (χ0v) is 10.5. The predicted octanol–water partition coefficient (Wildman–Crippen LogP) is 2.61. The normalized spacial score (nSPS) is 9.20. The van der Waals surface area contributed by atoms with Gasteiger partial charge < -0.3 is 4.84 Å². The van der Waals surface area contributed by atoms with Crippen molar-refractivity contribution >= 4 is 34.3 Å². The molecular formula is C10H13BrClNO2. The summed E-state index contributed by atoms with van der Waals surface area (Å²) in [6, 6.07) is 8.02. The zero-order chi connectivity index (χ0) is 10.4. The fourth-order valence-corrected chi connectivity index (χ4v) is 1.41. The predicted molar refractivity (Wildman–Crippen MR) is 64.6 cm³/mol. The summed E-state index contributed by atoms with van der Waals surface area (Å²) < 4.78 is 1.06. The van der Waals surface area contributed by atoms with Crippen molar-refractivity contribution < 1.29 is 9.63 Å². The Labute approximate surface area is 103 Å². The molecule has 0 saturated heterocycles. The van der Waals surface area contributed by atoms with Crippen molar-refractivity contribution in [3.05, 3.63) is 34.3 Å². The Bertz CT molecular complexity index is 303. The maximum Gasteiger partial charge on any atom is 0.324 e. The van der Waals surface area contributed by atoms with Gasteiger partial charge in [-0.1, -0.05) is 28.1 Å². The van der Waals surface area contributed by atoms with E-state index in [-0.39, 0.29) is 18.4 Å². The Hall–Kier alpha value is -0.580. The van der Waals surface area contributed by atoms with Crippen LogP contribution < -0.4 is 5.90 Å². The Morgan fingerprint density at radius 2 is 1.93 bits per heavy atom. The molecule has 0 bridgehead atoms. The van der Waals surface area contributed by atoms with Crippen LogP contribution in [0.5, 0.6) is 0 Å². The van der Waals surface area contributed by atoms with Gasteiger partial charge >= 0.3 is 5.97 Å². The van der Waals surface area contributed by atoms with Crippen molar-refractivity contribution in [2.75, 3.05) is 0 Å². The first-order valence-electron chi connectivity index (χ1n) is 4.36. The lowest BCUT2D eigenvalue weighted by Gasteiger charge is -2.00. The summed E-state index contributed by atoms with van der Waals surface area (Å²) in [5.41, 5.74) is 1.21. The first-order valence-corrected chi connectivity index (χ1v) is 5.15. The number of benzene rings is 1. The van der Waals surface area contributed by atoms with E-state index in [4.69, 9.17) is 5.90 Å². The van der Waals surface area contributed by atoms with Crippen molar-refractivity contribution in [1.29, 1.82) is 0 Å². The molecule has 1 aromatic carbocycles. The highest BCUT2D eigenvalue weighted by atomic mass is 79.9. The number of hydrogen-bond donors (Lipinski definition) is 1. The average molecular weight is 295 g/mol. The van der Waals surface area contributed by atoms with Gasteiger partial charge in [-0.2, -0.15) is 5.90 Å². The molecule has 0 fully saturated rings. The molecule has 0 atom stereocenters. The Balaban J connectivity index is 0.00000196. The van der Waals surface area contributed by atoms with Gasteiger partial charge in [0.2, 0.25) is 0 Å². The lowest BCUT2D eigenvalue weighted by Crippen LogP contribution is -2.09. The van der Waals surface area contributed by atoms with Crippen LogP contribution in [0.4, 0.5) is 0 Å². The summed E-state index contributed by atoms with van der Waals surface area (Å²) in [6.07, 6.45) is 1.99. The lowest BCUT2D eigenvalue weighted by atomic mass is 10.1. The zero-order valence-electron chi connectivity index (χ0n) is 8.11. The number of carbonyl (C=O) groups is 1. The van der Waals surface area contributed by atoms with E-state index in [0.29, 0.717) is 6.42 Å². The van der Waals surface area contributed by atoms with E-state index in [9.17, 15) is 4.79 Å². The Morgan fingerprint density at radius 3 is 2.47 bits per heavy atom. The fourth-order valence-electron chi connectivity index (χ4n) is 1.15. The minimum Gasteiger partial charge on any atom is -0.373 e. The van der Waals surface area contributed by atoms with Crippen LogP contribution in [0.1, 0.15) is 18.4 Å². The van der Waals surface area contributed by atoms with Gasteiger partial charge in [0.25, 0.3) is 0 Å². The van der Waals surface area contributed by atoms with E-state index in [1.165, 1.54) is 5.56 Å². The Kier molecular flexibility index (Phi) is 7.38. The van der Waals surface area contributed by atoms with Gasteiger partial charge in [0.1, 0.15) is 0 Å². The number of rotatable bonds is 4. The van der Waals surface area contributed by atoms with Crippen molar-refractivity contribution in [3.8, 4) is 0 Å². The molecule has 1 aromatic rings. The number of nitrogens with two attached hydrogens (primary N) is 1. The van der Waals surface area contributed by atoms with Crippen molar-refractivity contribution in [2.24, 2.45) is 5.90 Å². The summed E-state index contributed by atoms with van der Waals surface area (Å²) in [5, 5.41) is 0. The standard InChI is InChI=1S/C10H12BrNO2.ClH/c11-9-6-4-8(5-7-9)2-1-3-10(13)14-12;/h4-7H,1-3,12H2;1H. The van der Waals surface area contributed by atoms with Crippen LogP contribution in [0.15, 0.2) is 28.7 Å². The molecule has 84 valence electrons. The van der Waals surface area contributed by atoms with Gasteiger partial charge in [-0.15, -0.1) is 12.4 Å². The van der Waals surface area contributed by atoms with E-state index in [1.807, 2.05) is 24.3 Å². The minimum absolute atomic E-state index is 0. The molecule has 0 aromatic heterocycles. The van der Waals surface area contributed by atoms with Gasteiger partial charge in [0.15, 0.2) is 0 Å². The van der Waals surface area contributed by atoms with Crippen LogP contribution in [0.25, 0.3) is 0 Å². The molecule has 0 unspecified atom stereocenters. The van der Waals surface area contributed by atoms with Crippen molar-refractivity contribution in [3.63, 3.8) is 0 Å². The van der Waals surface area contributed by atoms with Crippen LogP contribution in [0.3, 0.4) is 0 Å². The highest BCUT2D eigenvalue weighted by molar-refractivity contribution is 9.10. The molecule has 1 rings (SSSR count). The smallest absolute Gasteiger partial charge is 0.324 e. The minimum atomic E-state index is -0.359. The molecule has 0 saturated carbocycles. The van der Waals surface area contributed by atoms with Crippen molar-refractivity contribution in [2.45, 2.75) is 19.3 Å². The second kappa shape index (κ2) is 7.68. The molecule has 0 radical (unpaired) electrons. The molecule has 0 spiro atoms. The lowest BCUT2D eigenvalue weighted by molar-refractivity contribution is -0.144. The van der Waals surface area contributed by atoms with Gasteiger partial charge in [-0.05, 0) is 30.5 Å². The first kappa shape index (κ1) is 14.4. The van der Waals surface area contributed by atoms with Crippen LogP contribution in [0.2, 0.25) is 0 Å². The quantitative estimate of drug-likeness (QED) is 0.869. The monoisotopic (exact) mass is 293 g/mol. The molecule has 0 amide bonds. The highest BCUT2D eigenvalue weighted by Crippen LogP contribution is 2.12. The molecule has 0 aliphatic heterocycles. The number of aryl methyl sites for hydroxylation is 1. The fraction of sp³-hybridized carbons (Fsp3) is 0.300. The number of hydrogen-bond acceptors (Lipinski definition) is 3. The number of carbonyl (C=O) groups excluding carboxylic acids is 1. The summed E-state index contributed by atoms with van der Waals surface area (Å²) in [4.78, 5) is 14.8.